The molecule has 1 unspecified atom stereocenters. The van der Waals surface area contributed by atoms with Crippen LogP contribution in [0.15, 0.2) is 22.7 Å². The van der Waals surface area contributed by atoms with Gasteiger partial charge in [-0.25, -0.2) is 0 Å². The fraction of sp³-hybridized carbons (Fsp3) is 0.538. The summed E-state index contributed by atoms with van der Waals surface area (Å²) in [6.45, 7) is 2.15. The number of hydrogen-bond donors (Lipinski definition) is 2. The Kier molecular flexibility index (Phi) is 4.00. The van der Waals surface area contributed by atoms with Gasteiger partial charge in [-0.1, -0.05) is 34.8 Å². The predicted octanol–water partition coefficient (Wildman–Crippen LogP) is 3.45. The number of nitrogens with two attached hydrogens (primary N) is 1. The standard InChI is InChI=1S/C13H19BrN2/c1-9-6-7-11(14)8-12(9)13(16-15)10-4-2-3-5-10/h6-8,10,13,16H,2-5,15H2,1H3. The maximum atomic E-state index is 5.74. The van der Waals surface area contributed by atoms with Crippen molar-refractivity contribution in [3.05, 3.63) is 33.8 Å². The highest BCUT2D eigenvalue weighted by Gasteiger charge is 2.26. The Labute approximate surface area is 106 Å². The van der Waals surface area contributed by atoms with Crippen LogP contribution >= 0.6 is 15.9 Å². The van der Waals surface area contributed by atoms with Crippen molar-refractivity contribution in [3.8, 4) is 0 Å². The van der Waals surface area contributed by atoms with Crippen LogP contribution in [0.5, 0.6) is 0 Å². The molecule has 3 N–H and O–H groups in total. The van der Waals surface area contributed by atoms with Gasteiger partial charge in [-0.05, 0) is 48.9 Å². The minimum Gasteiger partial charge on any atom is -0.271 e. The number of hydrazine groups is 1. The van der Waals surface area contributed by atoms with Gasteiger partial charge in [-0.2, -0.15) is 0 Å². The summed E-state index contributed by atoms with van der Waals surface area (Å²) in [5, 5.41) is 0. The maximum Gasteiger partial charge on any atom is 0.0491 e. The van der Waals surface area contributed by atoms with Gasteiger partial charge in [0, 0.05) is 10.5 Å². The Balaban J connectivity index is 2.28. The highest BCUT2D eigenvalue weighted by Crippen LogP contribution is 2.37. The average molecular weight is 283 g/mol. The molecule has 0 bridgehead atoms. The molecule has 0 heterocycles. The van der Waals surface area contributed by atoms with Gasteiger partial charge in [0.05, 0.1) is 0 Å². The van der Waals surface area contributed by atoms with Gasteiger partial charge in [-0.3, -0.25) is 11.3 Å². The lowest BCUT2D eigenvalue weighted by atomic mass is 9.90. The number of benzene rings is 1. The molecule has 1 aliphatic carbocycles. The molecule has 88 valence electrons. The summed E-state index contributed by atoms with van der Waals surface area (Å²) < 4.78 is 1.13. The third kappa shape index (κ3) is 2.47. The van der Waals surface area contributed by atoms with Crippen molar-refractivity contribution in [2.45, 2.75) is 38.6 Å². The monoisotopic (exact) mass is 282 g/mol. The van der Waals surface area contributed by atoms with E-state index in [-0.39, 0.29) is 0 Å². The fourth-order valence-electron chi connectivity index (χ4n) is 2.72. The molecule has 0 aliphatic heterocycles. The first-order chi connectivity index (χ1) is 7.72. The molecular formula is C13H19BrN2. The Morgan fingerprint density at radius 3 is 2.69 bits per heavy atom. The Morgan fingerprint density at radius 1 is 1.38 bits per heavy atom. The minimum absolute atomic E-state index is 0.306. The maximum absolute atomic E-state index is 5.74. The van der Waals surface area contributed by atoms with Crippen molar-refractivity contribution in [1.82, 2.24) is 5.43 Å². The lowest BCUT2D eigenvalue weighted by molar-refractivity contribution is 0.372. The van der Waals surface area contributed by atoms with E-state index >= 15 is 0 Å². The molecule has 3 heteroatoms. The van der Waals surface area contributed by atoms with Crippen LogP contribution in [0.3, 0.4) is 0 Å². The van der Waals surface area contributed by atoms with Crippen molar-refractivity contribution in [1.29, 1.82) is 0 Å². The third-order valence-corrected chi connectivity index (χ3v) is 4.12. The zero-order valence-corrected chi connectivity index (χ0v) is 11.3. The summed E-state index contributed by atoms with van der Waals surface area (Å²) in [4.78, 5) is 0. The number of nitrogens with one attached hydrogen (secondary N) is 1. The van der Waals surface area contributed by atoms with Gasteiger partial charge in [0.1, 0.15) is 0 Å². The topological polar surface area (TPSA) is 38.0 Å². The van der Waals surface area contributed by atoms with E-state index in [0.29, 0.717) is 12.0 Å². The van der Waals surface area contributed by atoms with Gasteiger partial charge in [0.2, 0.25) is 0 Å². The van der Waals surface area contributed by atoms with E-state index in [4.69, 9.17) is 5.84 Å². The molecule has 2 nitrogen and oxygen atoms in total. The highest BCUT2D eigenvalue weighted by molar-refractivity contribution is 9.10. The largest absolute Gasteiger partial charge is 0.271 e. The fourth-order valence-corrected chi connectivity index (χ4v) is 3.10. The summed E-state index contributed by atoms with van der Waals surface area (Å²) in [6, 6.07) is 6.73. The summed E-state index contributed by atoms with van der Waals surface area (Å²) in [7, 11) is 0. The average Bonchev–Trinajstić information content (AvgIpc) is 2.78. The summed E-state index contributed by atoms with van der Waals surface area (Å²) in [5.74, 6) is 6.43. The quantitative estimate of drug-likeness (QED) is 0.658. The first-order valence-corrected chi connectivity index (χ1v) is 6.74. The molecular weight excluding hydrogens is 264 g/mol. The second-order valence-electron chi connectivity index (χ2n) is 4.69. The van der Waals surface area contributed by atoms with Crippen LogP contribution in [0, 0.1) is 12.8 Å². The van der Waals surface area contributed by atoms with E-state index in [1.807, 2.05) is 0 Å². The van der Waals surface area contributed by atoms with Crippen LogP contribution < -0.4 is 11.3 Å². The van der Waals surface area contributed by atoms with E-state index in [1.165, 1.54) is 36.8 Å². The zero-order chi connectivity index (χ0) is 11.5. The lowest BCUT2D eigenvalue weighted by Crippen LogP contribution is -2.33. The van der Waals surface area contributed by atoms with Gasteiger partial charge < -0.3 is 0 Å². The number of rotatable bonds is 3. The van der Waals surface area contributed by atoms with Crippen LogP contribution in [0.2, 0.25) is 0 Å². The molecule has 2 rings (SSSR count). The molecule has 1 aliphatic rings. The molecule has 1 saturated carbocycles. The molecule has 1 fully saturated rings. The van der Waals surface area contributed by atoms with E-state index in [9.17, 15) is 0 Å². The number of halogens is 1. The lowest BCUT2D eigenvalue weighted by Gasteiger charge is -2.24. The molecule has 0 saturated heterocycles. The van der Waals surface area contributed by atoms with Gasteiger partial charge in [0.25, 0.3) is 0 Å². The molecule has 1 aromatic rings. The van der Waals surface area contributed by atoms with E-state index in [2.05, 4.69) is 46.5 Å². The summed E-state index contributed by atoms with van der Waals surface area (Å²) in [6.07, 6.45) is 5.27. The molecule has 16 heavy (non-hydrogen) atoms. The molecule has 1 aromatic carbocycles. The summed E-state index contributed by atoms with van der Waals surface area (Å²) in [5.41, 5.74) is 5.66. The first kappa shape index (κ1) is 12.1. The molecule has 0 spiro atoms. The van der Waals surface area contributed by atoms with Crippen LogP contribution in [-0.2, 0) is 0 Å². The van der Waals surface area contributed by atoms with Crippen LogP contribution in [-0.4, -0.2) is 0 Å². The van der Waals surface area contributed by atoms with Crippen LogP contribution in [0.4, 0.5) is 0 Å². The van der Waals surface area contributed by atoms with E-state index < -0.39 is 0 Å². The zero-order valence-electron chi connectivity index (χ0n) is 9.67. The van der Waals surface area contributed by atoms with Crippen LogP contribution in [0.1, 0.15) is 42.9 Å². The van der Waals surface area contributed by atoms with Crippen LogP contribution in [0.25, 0.3) is 0 Å². The second kappa shape index (κ2) is 5.30. The number of aryl methyl sites for hydroxylation is 1. The highest BCUT2D eigenvalue weighted by atomic mass is 79.9. The van der Waals surface area contributed by atoms with Crippen molar-refractivity contribution >= 4 is 15.9 Å². The molecule has 0 amide bonds. The third-order valence-electron chi connectivity index (χ3n) is 3.63. The predicted molar refractivity (Wildman–Crippen MR) is 70.9 cm³/mol. The van der Waals surface area contributed by atoms with Crippen molar-refractivity contribution < 1.29 is 0 Å². The smallest absolute Gasteiger partial charge is 0.0491 e. The Hall–Kier alpha value is -0.380. The van der Waals surface area contributed by atoms with Crippen molar-refractivity contribution in [3.63, 3.8) is 0 Å². The Morgan fingerprint density at radius 2 is 2.06 bits per heavy atom. The van der Waals surface area contributed by atoms with E-state index in [1.54, 1.807) is 0 Å². The van der Waals surface area contributed by atoms with Crippen molar-refractivity contribution in [2.24, 2.45) is 11.8 Å². The normalized spacial score (nSPS) is 18.9. The first-order valence-electron chi connectivity index (χ1n) is 5.94. The van der Waals surface area contributed by atoms with Crippen molar-refractivity contribution in [2.75, 3.05) is 0 Å². The Bertz CT molecular complexity index is 359. The second-order valence-corrected chi connectivity index (χ2v) is 5.61. The van der Waals surface area contributed by atoms with Gasteiger partial charge in [0.15, 0.2) is 0 Å². The minimum atomic E-state index is 0.306. The molecule has 0 aromatic heterocycles. The van der Waals surface area contributed by atoms with Gasteiger partial charge in [-0.15, -0.1) is 0 Å². The summed E-state index contributed by atoms with van der Waals surface area (Å²) >= 11 is 3.53. The SMILES string of the molecule is Cc1ccc(Br)cc1C(NN)C1CCCC1. The van der Waals surface area contributed by atoms with E-state index in [0.717, 1.165) is 4.47 Å². The van der Waals surface area contributed by atoms with Gasteiger partial charge >= 0.3 is 0 Å². The number of hydrogen-bond acceptors (Lipinski definition) is 2. The molecule has 0 radical (unpaired) electrons. The molecule has 1 atom stereocenters.